The molecule has 0 radical (unpaired) electrons. The maximum Gasteiger partial charge on any atom is 0.341 e. The van der Waals surface area contributed by atoms with Crippen molar-refractivity contribution < 1.29 is 27.2 Å². The number of nitrogens with zero attached hydrogens (tertiary/aromatic N) is 8. The summed E-state index contributed by atoms with van der Waals surface area (Å²) in [4.78, 5) is 36.9. The van der Waals surface area contributed by atoms with Gasteiger partial charge in [0.2, 0.25) is 0 Å². The first-order chi connectivity index (χ1) is 28.5. The maximum atomic E-state index is 13.6. The van der Waals surface area contributed by atoms with Gasteiger partial charge in [-0.05, 0) is 81.4 Å². The molecule has 0 bridgehead atoms. The number of carbonyl (C=O) groups excluding carboxylic acids is 2. The van der Waals surface area contributed by atoms with Crippen molar-refractivity contribution in [1.29, 1.82) is 0 Å². The molecule has 4 aromatic carbocycles. The molecule has 0 saturated carbocycles. The van der Waals surface area contributed by atoms with Crippen molar-refractivity contribution in [3.8, 4) is 0 Å². The molecule has 300 valence electrons. The van der Waals surface area contributed by atoms with E-state index in [0.29, 0.717) is 50.1 Å². The number of fused-ring (bicyclic) bond motifs is 2. The molecule has 2 saturated heterocycles. The lowest BCUT2D eigenvalue weighted by Crippen LogP contribution is -2.49. The predicted octanol–water partition coefficient (Wildman–Crippen LogP) is 9.87. The molecule has 0 unspecified atom stereocenters. The van der Waals surface area contributed by atoms with Crippen LogP contribution in [0, 0.1) is 23.3 Å². The third-order valence-electron chi connectivity index (χ3n) is 10.4. The first kappa shape index (κ1) is 39.6. The smallest absolute Gasteiger partial charge is 0.315 e. The van der Waals surface area contributed by atoms with Gasteiger partial charge in [-0.1, -0.05) is 46.8 Å². The Kier molecular flexibility index (Phi) is 11.4. The fraction of sp³-hybridized carbons (Fsp3) is 0.227. The lowest BCUT2D eigenvalue weighted by molar-refractivity contribution is 0.135. The van der Waals surface area contributed by atoms with E-state index in [9.17, 15) is 27.2 Å². The summed E-state index contributed by atoms with van der Waals surface area (Å²) in [5, 5.41) is 10.8. The molecule has 6 aliphatic rings. The summed E-state index contributed by atoms with van der Waals surface area (Å²) in [5.74, 6) is -2.63. The van der Waals surface area contributed by atoms with Gasteiger partial charge in [-0.25, -0.2) is 37.2 Å². The van der Waals surface area contributed by atoms with Crippen LogP contribution in [0.2, 0.25) is 0 Å². The standard InChI is InChI=1S/C22H18F2N4O.C14H13F2N3O.C8H6BrN/c23-18-9-17(10-19(24)11-18)21-4-6-26-28(21)22(29)27-12-15(13-27)7-14-1-2-16-3-5-25-20(16)8-14;1-9-7-18(8-9)14(20)19-13(2-3-17-19)10-4-11(15)6-12(16)5-10;9-7-2-1-6-3-4-10-8(6)5-7/h1-2,5-11,21H,3-4,12-13H2;3-6,13H,1-2,7-8H2;1-2,4-5H,3H2/t21-;13-;/m00./s1. The largest absolute Gasteiger partial charge is 0.341 e. The number of aliphatic imine (C=N–C) groups is 2. The van der Waals surface area contributed by atoms with Crippen LogP contribution in [0.5, 0.6) is 0 Å². The molecular formula is C44H37BrF4N8O2. The molecule has 0 N–H and O–H groups in total. The highest BCUT2D eigenvalue weighted by Crippen LogP contribution is 2.34. The Bertz CT molecular complexity index is 2450. The number of carbonyl (C=O) groups is 2. The Morgan fingerprint density at radius 3 is 1.61 bits per heavy atom. The third-order valence-corrected chi connectivity index (χ3v) is 10.9. The number of halogens is 5. The van der Waals surface area contributed by atoms with Gasteiger partial charge in [0.15, 0.2) is 0 Å². The van der Waals surface area contributed by atoms with Gasteiger partial charge in [0.25, 0.3) is 0 Å². The highest BCUT2D eigenvalue weighted by atomic mass is 79.9. The van der Waals surface area contributed by atoms with Gasteiger partial charge in [-0.3, -0.25) is 9.98 Å². The second kappa shape index (κ2) is 16.9. The summed E-state index contributed by atoms with van der Waals surface area (Å²) in [7, 11) is 0. The fourth-order valence-electron chi connectivity index (χ4n) is 7.39. The number of urea groups is 2. The van der Waals surface area contributed by atoms with Gasteiger partial charge in [-0.15, -0.1) is 0 Å². The van der Waals surface area contributed by atoms with E-state index >= 15 is 0 Å². The summed E-state index contributed by atoms with van der Waals surface area (Å²) in [6, 6.07) is 17.5. The molecule has 10 rings (SSSR count). The molecule has 6 heterocycles. The molecule has 10 nitrogen and oxygen atoms in total. The summed E-state index contributed by atoms with van der Waals surface area (Å²) in [6.07, 6.45) is 11.9. The molecule has 4 aromatic rings. The lowest BCUT2D eigenvalue weighted by Gasteiger charge is -2.37. The normalized spacial score (nSPS) is 19.1. The molecule has 59 heavy (non-hydrogen) atoms. The van der Waals surface area contributed by atoms with Crippen molar-refractivity contribution in [2.24, 2.45) is 20.2 Å². The second-order valence-corrected chi connectivity index (χ2v) is 15.6. The summed E-state index contributed by atoms with van der Waals surface area (Å²) >= 11 is 3.39. The van der Waals surface area contributed by atoms with E-state index in [1.807, 2.05) is 24.6 Å². The molecular weight excluding hydrogens is 828 g/mol. The van der Waals surface area contributed by atoms with Crippen molar-refractivity contribution in [1.82, 2.24) is 19.8 Å². The van der Waals surface area contributed by atoms with Crippen LogP contribution in [0.3, 0.4) is 0 Å². The Balaban J connectivity index is 0.000000138. The van der Waals surface area contributed by atoms with Crippen molar-refractivity contribution in [3.63, 3.8) is 0 Å². The van der Waals surface area contributed by atoms with Crippen LogP contribution in [-0.4, -0.2) is 82.9 Å². The zero-order chi connectivity index (χ0) is 41.2. The van der Waals surface area contributed by atoms with E-state index in [4.69, 9.17) is 0 Å². The molecule has 2 atom stereocenters. The van der Waals surface area contributed by atoms with Gasteiger partial charge >= 0.3 is 12.1 Å². The predicted molar refractivity (Wildman–Crippen MR) is 223 cm³/mol. The first-order valence-corrected chi connectivity index (χ1v) is 19.7. The van der Waals surface area contributed by atoms with Gasteiger partial charge in [0, 0.05) is 93.3 Å². The molecule has 4 amide bonds. The molecule has 0 spiro atoms. The van der Waals surface area contributed by atoms with Crippen LogP contribution in [0.1, 0.15) is 52.7 Å². The molecule has 0 aromatic heterocycles. The Morgan fingerprint density at radius 2 is 1.10 bits per heavy atom. The number of rotatable bonds is 3. The number of hydrazone groups is 2. The van der Waals surface area contributed by atoms with Gasteiger partial charge < -0.3 is 9.80 Å². The van der Waals surface area contributed by atoms with E-state index in [-0.39, 0.29) is 12.1 Å². The molecule has 2 fully saturated rings. The van der Waals surface area contributed by atoms with Crippen LogP contribution >= 0.6 is 15.9 Å². The Labute approximate surface area is 346 Å². The zero-order valence-electron chi connectivity index (χ0n) is 31.6. The molecule has 6 aliphatic heterocycles. The van der Waals surface area contributed by atoms with E-state index in [1.54, 1.807) is 22.2 Å². The van der Waals surface area contributed by atoms with Crippen LogP contribution in [0.15, 0.2) is 115 Å². The summed E-state index contributed by atoms with van der Waals surface area (Å²) in [5.41, 5.74) is 8.66. The van der Waals surface area contributed by atoms with Crippen LogP contribution in [0.4, 0.5) is 38.5 Å². The van der Waals surface area contributed by atoms with Crippen molar-refractivity contribution >= 4 is 70.3 Å². The van der Waals surface area contributed by atoms with Crippen molar-refractivity contribution in [2.45, 2.75) is 37.8 Å². The van der Waals surface area contributed by atoms with Crippen molar-refractivity contribution in [2.75, 3.05) is 26.2 Å². The maximum absolute atomic E-state index is 13.6. The Morgan fingerprint density at radius 1 is 0.627 bits per heavy atom. The van der Waals surface area contributed by atoms with Gasteiger partial charge in [0.05, 0.1) is 23.5 Å². The minimum Gasteiger partial charge on any atom is -0.315 e. The number of amides is 4. The quantitative estimate of drug-likeness (QED) is 0.152. The first-order valence-electron chi connectivity index (χ1n) is 18.9. The van der Waals surface area contributed by atoms with Crippen LogP contribution < -0.4 is 0 Å². The minimum atomic E-state index is -0.660. The van der Waals surface area contributed by atoms with Gasteiger partial charge in [0.1, 0.15) is 23.3 Å². The average molecular weight is 866 g/mol. The second-order valence-electron chi connectivity index (χ2n) is 14.7. The van der Waals surface area contributed by atoms with E-state index in [2.05, 4.69) is 73.0 Å². The monoisotopic (exact) mass is 864 g/mol. The number of hydrogen-bond donors (Lipinski definition) is 0. The summed E-state index contributed by atoms with van der Waals surface area (Å²) < 4.78 is 54.8. The molecule has 15 heteroatoms. The molecule has 0 aliphatic carbocycles. The van der Waals surface area contributed by atoms with Crippen LogP contribution in [-0.2, 0) is 12.8 Å². The Hall–Kier alpha value is -6.22. The van der Waals surface area contributed by atoms with Crippen LogP contribution in [0.25, 0.3) is 6.08 Å². The fourth-order valence-corrected chi connectivity index (χ4v) is 7.74. The third kappa shape index (κ3) is 8.94. The highest BCUT2D eigenvalue weighted by molar-refractivity contribution is 9.10. The summed E-state index contributed by atoms with van der Waals surface area (Å²) in [6.45, 7) is 5.81. The van der Waals surface area contributed by atoms with Crippen molar-refractivity contribution in [3.05, 3.63) is 146 Å². The number of hydrogen-bond acceptors (Lipinski definition) is 6. The van der Waals surface area contributed by atoms with E-state index < -0.39 is 35.4 Å². The number of benzene rings is 4. The zero-order valence-corrected chi connectivity index (χ0v) is 33.2. The number of likely N-dealkylation sites (tertiary alicyclic amines) is 2. The SMILES string of the molecule is Brc1ccc2c(c1)N=CC2.C=C1CN(C(=O)N2N=CC[C@H]2c2cc(F)cc(F)c2)C1.O=C(N1CC(=Cc2ccc3c(c2)N=CC3)C1)N1N=CC[C@H]1c1cc(F)cc(F)c1. The average Bonchev–Trinajstić information content (AvgIpc) is 4.01. The van der Waals surface area contributed by atoms with E-state index in [1.165, 1.54) is 45.4 Å². The highest BCUT2D eigenvalue weighted by Gasteiger charge is 2.37. The van der Waals surface area contributed by atoms with E-state index in [0.717, 1.165) is 57.5 Å². The topological polar surface area (TPSA) is 96.5 Å². The lowest BCUT2D eigenvalue weighted by atomic mass is 10.0. The minimum absolute atomic E-state index is 0.260. The van der Waals surface area contributed by atoms with Gasteiger partial charge in [-0.2, -0.15) is 10.2 Å².